The Labute approximate surface area is 113 Å². The van der Waals surface area contributed by atoms with Crippen LogP contribution in [0.1, 0.15) is 38.4 Å². The lowest BCUT2D eigenvalue weighted by Crippen LogP contribution is -2.09. The summed E-state index contributed by atoms with van der Waals surface area (Å²) in [7, 11) is 0. The molecule has 0 bridgehead atoms. The van der Waals surface area contributed by atoms with E-state index >= 15 is 0 Å². The van der Waals surface area contributed by atoms with E-state index in [1.54, 1.807) is 44.2 Å². The minimum Gasteiger partial charge on any atom is -0.453 e. The molecule has 0 aliphatic rings. The molecule has 1 aromatic rings. The van der Waals surface area contributed by atoms with Crippen LogP contribution < -0.4 is 4.74 Å². The Bertz CT molecular complexity index is 448. The van der Waals surface area contributed by atoms with Crippen molar-refractivity contribution in [2.24, 2.45) is 0 Å². The van der Waals surface area contributed by atoms with Gasteiger partial charge in [-0.05, 0) is 23.8 Å². The molecule has 1 atom stereocenters. The first-order valence-electron chi connectivity index (χ1n) is 6.23. The van der Waals surface area contributed by atoms with Crippen LogP contribution in [0.3, 0.4) is 0 Å². The Balaban J connectivity index is 2.75. The van der Waals surface area contributed by atoms with Gasteiger partial charge in [0.05, 0.1) is 0 Å². The largest absolute Gasteiger partial charge is 0.453 e. The maximum Gasteiger partial charge on any atom is 0.310 e. The molecular formula is C15H18O4. The number of rotatable bonds is 6. The molecule has 4 nitrogen and oxygen atoms in total. The maximum absolute atomic E-state index is 11.3. The lowest BCUT2D eigenvalue weighted by Gasteiger charge is -2.14. The quantitative estimate of drug-likeness (QED) is 0.449. The number of hydrogen-bond acceptors (Lipinski definition) is 4. The van der Waals surface area contributed by atoms with E-state index in [1.807, 2.05) is 0 Å². The van der Waals surface area contributed by atoms with Crippen molar-refractivity contribution in [1.82, 2.24) is 0 Å². The van der Waals surface area contributed by atoms with Gasteiger partial charge in [0, 0.05) is 12.8 Å². The topological polar surface area (TPSA) is 52.6 Å². The lowest BCUT2D eigenvalue weighted by atomic mass is 10.1. The molecule has 0 saturated carbocycles. The van der Waals surface area contributed by atoms with Crippen LogP contribution in [0.4, 0.5) is 0 Å². The summed E-state index contributed by atoms with van der Waals surface area (Å²) < 4.78 is 10.3. The van der Waals surface area contributed by atoms with Gasteiger partial charge in [-0.1, -0.05) is 32.6 Å². The molecule has 1 rings (SSSR count). The average molecular weight is 262 g/mol. The normalized spacial score (nSPS) is 11.5. The molecule has 0 radical (unpaired) electrons. The summed E-state index contributed by atoms with van der Waals surface area (Å²) in [5, 5.41) is 0. The predicted molar refractivity (Wildman–Crippen MR) is 71.7 cm³/mol. The van der Waals surface area contributed by atoms with Crippen LogP contribution in [0.25, 0.3) is 0 Å². The van der Waals surface area contributed by atoms with Crippen molar-refractivity contribution >= 4 is 11.9 Å². The van der Waals surface area contributed by atoms with Crippen LogP contribution in [0.2, 0.25) is 0 Å². The SMILES string of the molecule is C=CC(OC(=O)CC)c1ccc(OC(=O)CC)cc1. The summed E-state index contributed by atoms with van der Waals surface area (Å²) in [6.07, 6.45) is 1.71. The van der Waals surface area contributed by atoms with Crippen LogP contribution in [0.5, 0.6) is 5.75 Å². The van der Waals surface area contributed by atoms with Gasteiger partial charge < -0.3 is 9.47 Å². The summed E-state index contributed by atoms with van der Waals surface area (Å²) in [5.74, 6) is -0.1000. The van der Waals surface area contributed by atoms with Gasteiger partial charge in [-0.3, -0.25) is 9.59 Å². The Morgan fingerprint density at radius 3 is 2.21 bits per heavy atom. The van der Waals surface area contributed by atoms with Crippen LogP contribution in [0, 0.1) is 0 Å². The summed E-state index contributed by atoms with van der Waals surface area (Å²) in [4.78, 5) is 22.4. The van der Waals surface area contributed by atoms with Gasteiger partial charge in [-0.15, -0.1) is 0 Å². The summed E-state index contributed by atoms with van der Waals surface area (Å²) in [6, 6.07) is 6.82. The number of carbonyl (C=O) groups is 2. The smallest absolute Gasteiger partial charge is 0.310 e. The van der Waals surface area contributed by atoms with Gasteiger partial charge in [-0.2, -0.15) is 0 Å². The van der Waals surface area contributed by atoms with Crippen LogP contribution in [-0.2, 0) is 14.3 Å². The van der Waals surface area contributed by atoms with E-state index < -0.39 is 6.10 Å². The number of ether oxygens (including phenoxy) is 2. The number of esters is 2. The van der Waals surface area contributed by atoms with E-state index in [1.165, 1.54) is 0 Å². The molecule has 0 aliphatic carbocycles. The first-order chi connectivity index (χ1) is 9.10. The van der Waals surface area contributed by atoms with Gasteiger partial charge >= 0.3 is 11.9 Å². The average Bonchev–Trinajstić information content (AvgIpc) is 2.45. The minimum atomic E-state index is -0.483. The van der Waals surface area contributed by atoms with Crippen LogP contribution in [0.15, 0.2) is 36.9 Å². The maximum atomic E-state index is 11.3. The Kier molecular flexibility index (Phi) is 5.79. The van der Waals surface area contributed by atoms with Crippen molar-refractivity contribution in [1.29, 1.82) is 0 Å². The zero-order chi connectivity index (χ0) is 14.3. The number of carbonyl (C=O) groups excluding carboxylic acids is 2. The summed E-state index contributed by atoms with van der Waals surface area (Å²) in [5.41, 5.74) is 0.785. The highest BCUT2D eigenvalue weighted by atomic mass is 16.5. The fourth-order valence-corrected chi connectivity index (χ4v) is 1.41. The second-order valence-electron chi connectivity index (χ2n) is 3.90. The summed E-state index contributed by atoms with van der Waals surface area (Å²) >= 11 is 0. The molecule has 0 aromatic heterocycles. The zero-order valence-corrected chi connectivity index (χ0v) is 11.2. The third kappa shape index (κ3) is 4.58. The fourth-order valence-electron chi connectivity index (χ4n) is 1.41. The van der Waals surface area contributed by atoms with E-state index in [4.69, 9.17) is 9.47 Å². The molecular weight excluding hydrogens is 244 g/mol. The lowest BCUT2D eigenvalue weighted by molar-refractivity contribution is -0.146. The molecule has 1 aromatic carbocycles. The monoisotopic (exact) mass is 262 g/mol. The molecule has 0 saturated heterocycles. The fraction of sp³-hybridized carbons (Fsp3) is 0.333. The van der Waals surface area contributed by atoms with E-state index in [9.17, 15) is 9.59 Å². The van der Waals surface area contributed by atoms with E-state index in [-0.39, 0.29) is 11.9 Å². The van der Waals surface area contributed by atoms with E-state index in [2.05, 4.69) is 6.58 Å². The van der Waals surface area contributed by atoms with Crippen LogP contribution in [-0.4, -0.2) is 11.9 Å². The van der Waals surface area contributed by atoms with Crippen LogP contribution >= 0.6 is 0 Å². The third-order valence-corrected chi connectivity index (χ3v) is 2.49. The highest BCUT2D eigenvalue weighted by molar-refractivity contribution is 5.72. The molecule has 19 heavy (non-hydrogen) atoms. The van der Waals surface area contributed by atoms with Crippen molar-refractivity contribution < 1.29 is 19.1 Å². The Morgan fingerprint density at radius 2 is 1.74 bits per heavy atom. The molecule has 0 N–H and O–H groups in total. The van der Waals surface area contributed by atoms with Crippen molar-refractivity contribution in [2.45, 2.75) is 32.8 Å². The highest BCUT2D eigenvalue weighted by Crippen LogP contribution is 2.22. The van der Waals surface area contributed by atoms with Gasteiger partial charge in [0.25, 0.3) is 0 Å². The Morgan fingerprint density at radius 1 is 1.16 bits per heavy atom. The second kappa shape index (κ2) is 7.36. The number of benzene rings is 1. The van der Waals surface area contributed by atoms with Crippen molar-refractivity contribution in [3.8, 4) is 5.75 Å². The number of hydrogen-bond donors (Lipinski definition) is 0. The van der Waals surface area contributed by atoms with Crippen molar-refractivity contribution in [3.05, 3.63) is 42.5 Å². The van der Waals surface area contributed by atoms with Crippen molar-refractivity contribution in [3.63, 3.8) is 0 Å². The molecule has 1 unspecified atom stereocenters. The Hall–Kier alpha value is -2.10. The molecule has 102 valence electrons. The molecule has 0 amide bonds. The second-order valence-corrected chi connectivity index (χ2v) is 3.90. The molecule has 0 aliphatic heterocycles. The first-order valence-corrected chi connectivity index (χ1v) is 6.23. The first kappa shape index (κ1) is 15.0. The third-order valence-electron chi connectivity index (χ3n) is 2.49. The van der Waals surface area contributed by atoms with E-state index in [0.29, 0.717) is 18.6 Å². The summed E-state index contributed by atoms with van der Waals surface area (Å²) in [6.45, 7) is 7.11. The van der Waals surface area contributed by atoms with Gasteiger partial charge in [-0.25, -0.2) is 0 Å². The minimum absolute atomic E-state index is 0.286. The molecule has 0 fully saturated rings. The van der Waals surface area contributed by atoms with Gasteiger partial charge in [0.1, 0.15) is 11.9 Å². The van der Waals surface area contributed by atoms with Gasteiger partial charge in [0.2, 0.25) is 0 Å². The highest BCUT2D eigenvalue weighted by Gasteiger charge is 2.12. The predicted octanol–water partition coefficient (Wildman–Crippen LogP) is 3.18. The zero-order valence-electron chi connectivity index (χ0n) is 11.2. The molecule has 0 heterocycles. The van der Waals surface area contributed by atoms with Gasteiger partial charge in [0.15, 0.2) is 0 Å². The van der Waals surface area contributed by atoms with E-state index in [0.717, 1.165) is 5.56 Å². The van der Waals surface area contributed by atoms with Crippen molar-refractivity contribution in [2.75, 3.05) is 0 Å². The standard InChI is InChI=1S/C15H18O4/c1-4-13(19-15(17)6-3)11-7-9-12(10-8-11)18-14(16)5-2/h4,7-10,13H,1,5-6H2,2-3H3. The molecule has 4 heteroatoms. The molecule has 0 spiro atoms.